The fourth-order valence-corrected chi connectivity index (χ4v) is 1.30. The summed E-state index contributed by atoms with van der Waals surface area (Å²) in [5.74, 6) is 0.872. The van der Waals surface area contributed by atoms with Gasteiger partial charge in [0, 0.05) is 12.4 Å². The van der Waals surface area contributed by atoms with E-state index in [1.54, 1.807) is 18.3 Å². The highest BCUT2D eigenvalue weighted by molar-refractivity contribution is 5.53. The summed E-state index contributed by atoms with van der Waals surface area (Å²) in [6.07, 6.45) is 3.09. The Morgan fingerprint density at radius 3 is 2.88 bits per heavy atom. The summed E-state index contributed by atoms with van der Waals surface area (Å²) in [5, 5.41) is 8.69. The minimum absolute atomic E-state index is 0.278. The molecule has 0 fully saturated rings. The van der Waals surface area contributed by atoms with Gasteiger partial charge in [0.2, 0.25) is 5.88 Å². The van der Waals surface area contributed by atoms with Gasteiger partial charge in [-0.2, -0.15) is 5.26 Å². The zero-order valence-corrected chi connectivity index (χ0v) is 9.21. The van der Waals surface area contributed by atoms with Crippen molar-refractivity contribution in [1.82, 2.24) is 9.97 Å². The van der Waals surface area contributed by atoms with Gasteiger partial charge in [0.05, 0.1) is 16.9 Å². The Balaban J connectivity index is 2.32. The molecule has 0 aliphatic carbocycles. The predicted molar refractivity (Wildman–Crippen MR) is 62.4 cm³/mol. The number of nitrogens with two attached hydrogens (primary N) is 1. The van der Waals surface area contributed by atoms with Crippen molar-refractivity contribution in [2.75, 3.05) is 5.73 Å². The normalized spacial score (nSPS) is 9.65. The summed E-state index contributed by atoms with van der Waals surface area (Å²) in [6, 6.07) is 7.03. The van der Waals surface area contributed by atoms with Crippen LogP contribution in [0.2, 0.25) is 0 Å². The lowest BCUT2D eigenvalue weighted by Crippen LogP contribution is -1.97. The second-order valence-electron chi connectivity index (χ2n) is 3.42. The van der Waals surface area contributed by atoms with Crippen molar-refractivity contribution >= 4 is 5.69 Å². The average Bonchev–Trinajstić information content (AvgIpc) is 2.34. The smallest absolute Gasteiger partial charge is 0.242 e. The first kappa shape index (κ1) is 10.9. The molecule has 17 heavy (non-hydrogen) atoms. The molecular formula is C12H10N4O. The number of anilines is 1. The monoisotopic (exact) mass is 226 g/mol. The molecule has 0 saturated heterocycles. The molecule has 2 rings (SSSR count). The van der Waals surface area contributed by atoms with E-state index < -0.39 is 0 Å². The van der Waals surface area contributed by atoms with Crippen LogP contribution in [0.25, 0.3) is 0 Å². The number of nitriles is 1. The SMILES string of the molecule is Cc1ncccc1Oc1ncc(C#N)cc1N. The quantitative estimate of drug-likeness (QED) is 0.846. The Kier molecular flexibility index (Phi) is 2.88. The Morgan fingerprint density at radius 2 is 2.24 bits per heavy atom. The minimum atomic E-state index is 0.278. The zero-order chi connectivity index (χ0) is 12.3. The second-order valence-corrected chi connectivity index (χ2v) is 3.42. The molecule has 84 valence electrons. The third-order valence-corrected chi connectivity index (χ3v) is 2.17. The summed E-state index contributed by atoms with van der Waals surface area (Å²) in [4.78, 5) is 8.08. The molecule has 2 heterocycles. The maximum absolute atomic E-state index is 8.69. The Labute approximate surface area is 98.5 Å². The molecule has 5 heteroatoms. The van der Waals surface area contributed by atoms with Crippen molar-refractivity contribution in [1.29, 1.82) is 5.26 Å². The Hall–Kier alpha value is -2.61. The van der Waals surface area contributed by atoms with Crippen LogP contribution in [-0.4, -0.2) is 9.97 Å². The van der Waals surface area contributed by atoms with Gasteiger partial charge in [0.1, 0.15) is 6.07 Å². The summed E-state index contributed by atoms with van der Waals surface area (Å²) < 4.78 is 5.53. The van der Waals surface area contributed by atoms with Crippen molar-refractivity contribution in [3.8, 4) is 17.7 Å². The zero-order valence-electron chi connectivity index (χ0n) is 9.21. The number of ether oxygens (including phenoxy) is 1. The third-order valence-electron chi connectivity index (χ3n) is 2.17. The molecule has 0 bridgehead atoms. The highest BCUT2D eigenvalue weighted by Gasteiger charge is 2.07. The average molecular weight is 226 g/mol. The van der Waals surface area contributed by atoms with E-state index in [4.69, 9.17) is 15.7 Å². The molecule has 0 spiro atoms. The lowest BCUT2D eigenvalue weighted by molar-refractivity contribution is 0.459. The van der Waals surface area contributed by atoms with Crippen molar-refractivity contribution < 1.29 is 4.74 Å². The van der Waals surface area contributed by atoms with E-state index in [-0.39, 0.29) is 5.88 Å². The molecular weight excluding hydrogens is 216 g/mol. The highest BCUT2D eigenvalue weighted by atomic mass is 16.5. The molecule has 5 nitrogen and oxygen atoms in total. The molecule has 2 aromatic rings. The molecule has 0 aromatic carbocycles. The summed E-state index contributed by atoms with van der Waals surface area (Å²) >= 11 is 0. The van der Waals surface area contributed by atoms with Gasteiger partial charge in [0.25, 0.3) is 0 Å². The number of hydrogen-bond donors (Lipinski definition) is 1. The fraction of sp³-hybridized carbons (Fsp3) is 0.0833. The van der Waals surface area contributed by atoms with E-state index in [9.17, 15) is 0 Å². The maximum Gasteiger partial charge on any atom is 0.242 e. The van der Waals surface area contributed by atoms with Crippen molar-refractivity contribution in [2.24, 2.45) is 0 Å². The Bertz CT molecular complexity index is 589. The third kappa shape index (κ3) is 2.32. The largest absolute Gasteiger partial charge is 0.435 e. The van der Waals surface area contributed by atoms with Crippen molar-refractivity contribution in [3.63, 3.8) is 0 Å². The molecule has 0 saturated carbocycles. The van der Waals surface area contributed by atoms with Gasteiger partial charge in [0.15, 0.2) is 5.75 Å². The van der Waals surface area contributed by atoms with Crippen LogP contribution in [0.1, 0.15) is 11.3 Å². The molecule has 0 radical (unpaired) electrons. The van der Waals surface area contributed by atoms with Gasteiger partial charge < -0.3 is 10.5 Å². The first-order valence-corrected chi connectivity index (χ1v) is 4.96. The molecule has 2 aromatic heterocycles. The van der Waals surface area contributed by atoms with E-state index in [0.717, 1.165) is 5.69 Å². The van der Waals surface area contributed by atoms with Crippen LogP contribution in [0.5, 0.6) is 11.6 Å². The number of hydrogen-bond acceptors (Lipinski definition) is 5. The van der Waals surface area contributed by atoms with Crippen molar-refractivity contribution in [3.05, 3.63) is 41.9 Å². The van der Waals surface area contributed by atoms with Crippen LogP contribution in [0.3, 0.4) is 0 Å². The van der Waals surface area contributed by atoms with E-state index in [1.807, 2.05) is 13.0 Å². The van der Waals surface area contributed by atoms with E-state index in [2.05, 4.69) is 9.97 Å². The topological polar surface area (TPSA) is 84.8 Å². The van der Waals surface area contributed by atoms with Crippen LogP contribution >= 0.6 is 0 Å². The number of nitrogen functional groups attached to an aromatic ring is 1. The van der Waals surface area contributed by atoms with Crippen LogP contribution in [0.4, 0.5) is 5.69 Å². The van der Waals surface area contributed by atoms with Crippen LogP contribution in [0, 0.1) is 18.3 Å². The number of pyridine rings is 2. The lowest BCUT2D eigenvalue weighted by atomic mass is 10.3. The minimum Gasteiger partial charge on any atom is -0.435 e. The molecule has 0 aliphatic rings. The standard InChI is InChI=1S/C12H10N4O/c1-8-11(3-2-4-15-8)17-12-10(14)5-9(6-13)7-16-12/h2-5,7H,14H2,1H3. The summed E-state index contributed by atoms with van der Waals surface area (Å²) in [5.41, 5.74) is 7.21. The number of rotatable bonds is 2. The molecule has 0 atom stereocenters. The Morgan fingerprint density at radius 1 is 1.41 bits per heavy atom. The molecule has 0 unspecified atom stereocenters. The van der Waals surface area contributed by atoms with Crippen LogP contribution in [0.15, 0.2) is 30.6 Å². The first-order chi connectivity index (χ1) is 8.20. The highest BCUT2D eigenvalue weighted by Crippen LogP contribution is 2.26. The van der Waals surface area contributed by atoms with Crippen LogP contribution < -0.4 is 10.5 Å². The number of nitrogens with zero attached hydrogens (tertiary/aromatic N) is 3. The fourth-order valence-electron chi connectivity index (χ4n) is 1.30. The second kappa shape index (κ2) is 4.49. The summed E-state index contributed by atoms with van der Waals surface area (Å²) in [6.45, 7) is 1.83. The molecule has 2 N–H and O–H groups in total. The van der Waals surface area contributed by atoms with E-state index in [1.165, 1.54) is 12.3 Å². The van der Waals surface area contributed by atoms with Crippen molar-refractivity contribution in [2.45, 2.75) is 6.92 Å². The van der Waals surface area contributed by atoms with Gasteiger partial charge in [-0.3, -0.25) is 4.98 Å². The van der Waals surface area contributed by atoms with Gasteiger partial charge >= 0.3 is 0 Å². The van der Waals surface area contributed by atoms with Gasteiger partial charge in [-0.25, -0.2) is 4.98 Å². The molecule has 0 amide bonds. The van der Waals surface area contributed by atoms with Gasteiger partial charge in [-0.1, -0.05) is 0 Å². The van der Waals surface area contributed by atoms with Gasteiger partial charge in [-0.15, -0.1) is 0 Å². The lowest BCUT2D eigenvalue weighted by Gasteiger charge is -2.08. The predicted octanol–water partition coefficient (Wildman–Crippen LogP) is 2.03. The maximum atomic E-state index is 8.69. The first-order valence-electron chi connectivity index (χ1n) is 4.96. The molecule has 0 aliphatic heterocycles. The van der Waals surface area contributed by atoms with Gasteiger partial charge in [-0.05, 0) is 25.1 Å². The summed E-state index contributed by atoms with van der Waals surface area (Å²) in [7, 11) is 0. The number of aromatic nitrogens is 2. The van der Waals surface area contributed by atoms with Crippen LogP contribution in [-0.2, 0) is 0 Å². The number of aryl methyl sites for hydroxylation is 1. The van der Waals surface area contributed by atoms with E-state index >= 15 is 0 Å². The van der Waals surface area contributed by atoms with E-state index in [0.29, 0.717) is 17.0 Å².